The van der Waals surface area contributed by atoms with E-state index in [1.54, 1.807) is 4.90 Å². The van der Waals surface area contributed by atoms with E-state index in [2.05, 4.69) is 15.5 Å². The van der Waals surface area contributed by atoms with Crippen molar-refractivity contribution >= 4 is 12.1 Å². The fourth-order valence-corrected chi connectivity index (χ4v) is 2.81. The van der Waals surface area contributed by atoms with Crippen LogP contribution in [0, 0.1) is 0 Å². The third-order valence-electron chi connectivity index (χ3n) is 3.95. The van der Waals surface area contributed by atoms with Gasteiger partial charge in [0.25, 0.3) is 0 Å². The Morgan fingerprint density at radius 2 is 2.12 bits per heavy atom. The summed E-state index contributed by atoms with van der Waals surface area (Å²) in [5.41, 5.74) is 0.407. The van der Waals surface area contributed by atoms with Crippen molar-refractivity contribution in [2.24, 2.45) is 0 Å². The number of anilines is 1. The summed E-state index contributed by atoms with van der Waals surface area (Å²) >= 11 is 0. The second kappa shape index (κ2) is 7.13. The van der Waals surface area contributed by atoms with Crippen LogP contribution in [-0.4, -0.2) is 45.9 Å². The fraction of sp³-hybridized carbons (Fsp3) is 0.500. The van der Waals surface area contributed by atoms with E-state index in [-0.39, 0.29) is 12.1 Å². The van der Waals surface area contributed by atoms with Gasteiger partial charge >= 0.3 is 12.1 Å². The van der Waals surface area contributed by atoms with Crippen molar-refractivity contribution in [2.45, 2.75) is 45.3 Å². The molecule has 1 aliphatic heterocycles. The summed E-state index contributed by atoms with van der Waals surface area (Å²) < 4.78 is 10.7. The van der Waals surface area contributed by atoms with E-state index < -0.39 is 5.60 Å². The lowest BCUT2D eigenvalue weighted by Crippen LogP contribution is -2.42. The van der Waals surface area contributed by atoms with Crippen LogP contribution in [0.1, 0.15) is 33.6 Å². The first-order valence-electron chi connectivity index (χ1n) is 8.55. The maximum atomic E-state index is 12.3. The van der Waals surface area contributed by atoms with Gasteiger partial charge in [0, 0.05) is 18.7 Å². The van der Waals surface area contributed by atoms with Crippen LogP contribution in [0.5, 0.6) is 0 Å². The highest BCUT2D eigenvalue weighted by molar-refractivity contribution is 5.69. The van der Waals surface area contributed by atoms with Crippen molar-refractivity contribution in [3.05, 3.63) is 30.3 Å². The maximum Gasteiger partial charge on any atom is 0.410 e. The van der Waals surface area contributed by atoms with Gasteiger partial charge < -0.3 is 19.5 Å². The summed E-state index contributed by atoms with van der Waals surface area (Å²) in [6.45, 7) is 6.88. The second-order valence-corrected chi connectivity index (χ2v) is 7.14. The van der Waals surface area contributed by atoms with Gasteiger partial charge in [-0.1, -0.05) is 35.5 Å². The molecule has 2 heterocycles. The van der Waals surface area contributed by atoms with Crippen LogP contribution in [0.3, 0.4) is 0 Å². The number of aromatic nitrogens is 2. The number of amides is 1. The number of hydrogen-bond donors (Lipinski definition) is 1. The van der Waals surface area contributed by atoms with Crippen molar-refractivity contribution in [2.75, 3.05) is 18.4 Å². The molecular formula is C18H24N4O3. The summed E-state index contributed by atoms with van der Waals surface area (Å²) in [7, 11) is 0. The lowest BCUT2D eigenvalue weighted by atomic mass is 10.2. The third kappa shape index (κ3) is 4.49. The van der Waals surface area contributed by atoms with Gasteiger partial charge in [-0.2, -0.15) is 4.98 Å². The van der Waals surface area contributed by atoms with Crippen LogP contribution in [-0.2, 0) is 4.74 Å². The Morgan fingerprint density at radius 3 is 2.84 bits per heavy atom. The smallest absolute Gasteiger partial charge is 0.410 e. The minimum atomic E-state index is -0.491. The van der Waals surface area contributed by atoms with Gasteiger partial charge in [0.2, 0.25) is 5.82 Å². The van der Waals surface area contributed by atoms with E-state index in [9.17, 15) is 4.79 Å². The van der Waals surface area contributed by atoms with E-state index in [0.29, 0.717) is 24.9 Å². The van der Waals surface area contributed by atoms with Gasteiger partial charge in [0.15, 0.2) is 0 Å². The zero-order valence-corrected chi connectivity index (χ0v) is 14.9. The lowest BCUT2D eigenvalue weighted by Gasteiger charge is -2.28. The van der Waals surface area contributed by atoms with Crippen LogP contribution < -0.4 is 5.32 Å². The monoisotopic (exact) mass is 344 g/mol. The van der Waals surface area contributed by atoms with Gasteiger partial charge in [-0.05, 0) is 33.6 Å². The molecule has 0 saturated carbocycles. The van der Waals surface area contributed by atoms with Crippen LogP contribution in [0.2, 0.25) is 0 Å². The molecule has 1 atom stereocenters. The quantitative estimate of drug-likeness (QED) is 0.913. The number of carbonyl (C=O) groups excluding carboxylic acids is 1. The highest BCUT2D eigenvalue weighted by atomic mass is 16.6. The number of nitrogens with one attached hydrogen (secondary N) is 1. The molecule has 1 fully saturated rings. The fourth-order valence-electron chi connectivity index (χ4n) is 2.81. The normalized spacial score (nSPS) is 17.6. The lowest BCUT2D eigenvalue weighted by molar-refractivity contribution is 0.0234. The molecule has 25 heavy (non-hydrogen) atoms. The predicted molar refractivity (Wildman–Crippen MR) is 94.2 cm³/mol. The molecule has 7 heteroatoms. The highest BCUT2D eigenvalue weighted by Crippen LogP contribution is 2.22. The number of likely N-dealkylation sites (tertiary alicyclic amines) is 1. The van der Waals surface area contributed by atoms with E-state index in [1.807, 2.05) is 51.1 Å². The van der Waals surface area contributed by atoms with Crippen LogP contribution in [0.4, 0.5) is 10.8 Å². The van der Waals surface area contributed by atoms with E-state index in [1.165, 1.54) is 0 Å². The van der Waals surface area contributed by atoms with Gasteiger partial charge in [-0.25, -0.2) is 4.79 Å². The number of benzene rings is 1. The zero-order chi connectivity index (χ0) is 17.9. The van der Waals surface area contributed by atoms with Gasteiger partial charge in [-0.15, -0.1) is 0 Å². The Labute approximate surface area is 147 Å². The van der Waals surface area contributed by atoms with Gasteiger partial charge in [-0.3, -0.25) is 0 Å². The van der Waals surface area contributed by atoms with Crippen LogP contribution >= 0.6 is 0 Å². The second-order valence-electron chi connectivity index (χ2n) is 7.14. The number of carbonyl (C=O) groups is 1. The van der Waals surface area contributed by atoms with Gasteiger partial charge in [0.05, 0.1) is 6.04 Å². The standard InChI is InChI=1S/C18H24N4O3/c1-18(2,3)24-17(23)22-11-7-10-14(22)12-19-16-20-15(21-25-16)13-8-5-4-6-9-13/h4-6,8-9,14H,7,10-12H2,1-3H3,(H,19,20,21)/t14-/m0/s1. The number of ether oxygens (including phenoxy) is 1. The molecule has 1 aromatic carbocycles. The van der Waals surface area contributed by atoms with Crippen LogP contribution in [0.25, 0.3) is 11.4 Å². The van der Waals surface area contributed by atoms with Crippen molar-refractivity contribution in [3.8, 4) is 11.4 Å². The average Bonchev–Trinajstić information content (AvgIpc) is 3.21. The van der Waals surface area contributed by atoms with Gasteiger partial charge in [0.1, 0.15) is 5.60 Å². The first-order valence-corrected chi connectivity index (χ1v) is 8.55. The summed E-state index contributed by atoms with van der Waals surface area (Å²) in [4.78, 5) is 18.4. The largest absolute Gasteiger partial charge is 0.444 e. The molecular weight excluding hydrogens is 320 g/mol. The summed E-state index contributed by atoms with van der Waals surface area (Å²) in [6, 6.07) is 10.1. The molecule has 1 N–H and O–H groups in total. The number of nitrogens with zero attached hydrogens (tertiary/aromatic N) is 3. The van der Waals surface area contributed by atoms with E-state index in [0.717, 1.165) is 18.4 Å². The van der Waals surface area contributed by atoms with Crippen molar-refractivity contribution in [1.82, 2.24) is 15.0 Å². The molecule has 1 aliphatic rings. The Kier molecular flexibility index (Phi) is 4.92. The molecule has 0 bridgehead atoms. The van der Waals surface area contributed by atoms with E-state index in [4.69, 9.17) is 9.26 Å². The molecule has 1 amide bonds. The predicted octanol–water partition coefficient (Wildman–Crippen LogP) is 3.55. The molecule has 3 rings (SSSR count). The van der Waals surface area contributed by atoms with Crippen molar-refractivity contribution < 1.29 is 14.1 Å². The molecule has 0 spiro atoms. The Hall–Kier alpha value is -2.57. The molecule has 2 aromatic rings. The van der Waals surface area contributed by atoms with Crippen molar-refractivity contribution in [3.63, 3.8) is 0 Å². The van der Waals surface area contributed by atoms with Crippen LogP contribution in [0.15, 0.2) is 34.9 Å². The average molecular weight is 344 g/mol. The Morgan fingerprint density at radius 1 is 1.36 bits per heavy atom. The molecule has 1 saturated heterocycles. The molecule has 0 radical (unpaired) electrons. The maximum absolute atomic E-state index is 12.3. The van der Waals surface area contributed by atoms with Crippen molar-refractivity contribution in [1.29, 1.82) is 0 Å². The van der Waals surface area contributed by atoms with E-state index >= 15 is 0 Å². The highest BCUT2D eigenvalue weighted by Gasteiger charge is 2.32. The molecule has 134 valence electrons. The minimum absolute atomic E-state index is 0.0573. The Bertz CT molecular complexity index is 709. The summed E-state index contributed by atoms with van der Waals surface area (Å²) in [6.07, 6.45) is 1.61. The Balaban J connectivity index is 1.58. The third-order valence-corrected chi connectivity index (χ3v) is 3.95. The number of rotatable bonds is 4. The topological polar surface area (TPSA) is 80.5 Å². The molecule has 7 nitrogen and oxygen atoms in total. The molecule has 1 aromatic heterocycles. The first kappa shape index (κ1) is 17.3. The molecule has 0 unspecified atom stereocenters. The summed E-state index contributed by atoms with van der Waals surface area (Å²) in [5.74, 6) is 0.540. The minimum Gasteiger partial charge on any atom is -0.444 e. The zero-order valence-electron chi connectivity index (χ0n) is 14.9. The molecule has 0 aliphatic carbocycles. The summed E-state index contributed by atoms with van der Waals surface area (Å²) in [5, 5.41) is 7.12. The SMILES string of the molecule is CC(C)(C)OC(=O)N1CCC[C@H]1CNc1nc(-c2ccccc2)no1. The number of hydrogen-bond acceptors (Lipinski definition) is 6. The first-order chi connectivity index (χ1) is 11.9.